The third-order valence-electron chi connectivity index (χ3n) is 9.04. The van der Waals surface area contributed by atoms with Crippen LogP contribution >= 0.6 is 0 Å². The maximum atomic E-state index is 14.1. The van der Waals surface area contributed by atoms with Crippen molar-refractivity contribution in [1.29, 1.82) is 0 Å². The highest BCUT2D eigenvalue weighted by Crippen LogP contribution is 2.37. The maximum Gasteiger partial charge on any atom is 0.387 e. The molecule has 0 unspecified atom stereocenters. The van der Waals surface area contributed by atoms with Crippen LogP contribution in [0.1, 0.15) is 34.5 Å². The SMILES string of the molecule is Cc1cc(Oc2ccccc2F)ccc1-n1ncc(C(=O)c2cc3cc(OC(F)F)c(N4CCC(N5CCOCC5)CC4)cc3[nH]2)c1N. The van der Waals surface area contributed by atoms with E-state index >= 15 is 0 Å². The van der Waals surface area contributed by atoms with Crippen molar-refractivity contribution in [2.24, 2.45) is 0 Å². The number of piperidine rings is 1. The Balaban J connectivity index is 1.12. The molecule has 2 aromatic heterocycles. The van der Waals surface area contributed by atoms with E-state index in [1.807, 2.05) is 6.92 Å². The number of alkyl halides is 2. The van der Waals surface area contributed by atoms with Crippen molar-refractivity contribution in [2.75, 3.05) is 50.0 Å². The van der Waals surface area contributed by atoms with E-state index in [0.717, 1.165) is 44.7 Å². The van der Waals surface area contributed by atoms with E-state index in [-0.39, 0.29) is 28.6 Å². The van der Waals surface area contributed by atoms with E-state index in [2.05, 4.69) is 19.9 Å². The number of nitrogens with zero attached hydrogens (tertiary/aromatic N) is 4. The number of aromatic amines is 1. The molecule has 4 heterocycles. The third kappa shape index (κ3) is 6.30. The number of halogens is 3. The van der Waals surface area contributed by atoms with Gasteiger partial charge in [-0.15, -0.1) is 0 Å². The highest BCUT2D eigenvalue weighted by molar-refractivity contribution is 6.12. The van der Waals surface area contributed by atoms with Gasteiger partial charge in [-0.05, 0) is 73.9 Å². The summed E-state index contributed by atoms with van der Waals surface area (Å²) in [5.41, 5.74) is 9.35. The average molecular weight is 661 g/mol. The minimum Gasteiger partial charge on any atom is -0.454 e. The summed E-state index contributed by atoms with van der Waals surface area (Å²) in [5, 5.41) is 4.92. The smallest absolute Gasteiger partial charge is 0.387 e. The first-order valence-electron chi connectivity index (χ1n) is 15.8. The normalized spacial score (nSPS) is 16.1. The number of nitrogens with two attached hydrogens (primary N) is 1. The zero-order valence-corrected chi connectivity index (χ0v) is 26.3. The largest absolute Gasteiger partial charge is 0.454 e. The van der Waals surface area contributed by atoms with Crippen LogP contribution in [0.2, 0.25) is 0 Å². The summed E-state index contributed by atoms with van der Waals surface area (Å²) in [7, 11) is 0. The van der Waals surface area contributed by atoms with Crippen molar-refractivity contribution >= 4 is 28.2 Å². The second-order valence-electron chi connectivity index (χ2n) is 12.0. The van der Waals surface area contributed by atoms with E-state index < -0.39 is 18.2 Å². The number of rotatable bonds is 9. The van der Waals surface area contributed by atoms with Crippen LogP contribution < -0.4 is 20.1 Å². The molecule has 10 nitrogen and oxygen atoms in total. The minimum absolute atomic E-state index is 0.0607. The van der Waals surface area contributed by atoms with Gasteiger partial charge in [0.2, 0.25) is 5.78 Å². The Morgan fingerprint density at radius 3 is 2.50 bits per heavy atom. The second-order valence-corrected chi connectivity index (χ2v) is 12.0. The first-order valence-corrected chi connectivity index (χ1v) is 15.8. The molecule has 2 aliphatic heterocycles. The molecule has 3 aromatic carbocycles. The fraction of sp³-hybridized carbons (Fsp3) is 0.314. The monoisotopic (exact) mass is 660 g/mol. The van der Waals surface area contributed by atoms with Crippen LogP contribution in [0.25, 0.3) is 16.6 Å². The molecule has 0 radical (unpaired) electrons. The van der Waals surface area contributed by atoms with Gasteiger partial charge in [-0.25, -0.2) is 9.07 Å². The Labute approximate surface area is 274 Å². The van der Waals surface area contributed by atoms with E-state index in [4.69, 9.17) is 19.9 Å². The summed E-state index contributed by atoms with van der Waals surface area (Å²) in [6, 6.07) is 16.6. The Hall–Kier alpha value is -5.01. The number of ether oxygens (including phenoxy) is 3. The molecular formula is C35H35F3N6O4. The summed E-state index contributed by atoms with van der Waals surface area (Å²) in [4.78, 5) is 21.4. The lowest BCUT2D eigenvalue weighted by Gasteiger charge is -2.41. The number of morpholine rings is 1. The molecular weight excluding hydrogens is 625 g/mol. The van der Waals surface area contributed by atoms with Crippen molar-refractivity contribution in [3.05, 3.63) is 89.5 Å². The van der Waals surface area contributed by atoms with Gasteiger partial charge in [-0.3, -0.25) is 9.69 Å². The van der Waals surface area contributed by atoms with Crippen molar-refractivity contribution in [2.45, 2.75) is 32.4 Å². The lowest BCUT2D eigenvalue weighted by atomic mass is 10.0. The summed E-state index contributed by atoms with van der Waals surface area (Å²) >= 11 is 0. The van der Waals surface area contributed by atoms with Gasteiger partial charge >= 0.3 is 6.61 Å². The average Bonchev–Trinajstić information content (AvgIpc) is 3.68. The first kappa shape index (κ1) is 31.6. The molecule has 3 N–H and O–H groups in total. The molecule has 48 heavy (non-hydrogen) atoms. The standard InChI is InChI=1S/C35H35F3N6O4/c1-21-16-24(47-31-5-3-2-4-26(31)36)6-7-29(21)44-34(39)25(20-40-44)33(45)28-17-22-18-32(48-35(37)38)30(19-27(22)41-28)43-10-8-23(9-11-43)42-12-14-46-15-13-42/h2-7,16-20,23,35,41H,8-15,39H2,1H3. The molecule has 0 atom stereocenters. The fourth-order valence-corrected chi connectivity index (χ4v) is 6.58. The molecule has 250 valence electrons. The van der Waals surface area contributed by atoms with Crippen LogP contribution in [0.4, 0.5) is 24.7 Å². The van der Waals surface area contributed by atoms with E-state index in [1.54, 1.807) is 48.5 Å². The number of anilines is 2. The molecule has 0 saturated carbocycles. The Bertz CT molecular complexity index is 1950. The number of nitrogen functional groups attached to an aromatic ring is 1. The summed E-state index contributed by atoms with van der Waals surface area (Å²) in [5.74, 6) is -0.175. The summed E-state index contributed by atoms with van der Waals surface area (Å²) in [6.45, 7) is 3.45. The molecule has 2 saturated heterocycles. The number of carbonyl (C=O) groups is 1. The lowest BCUT2D eigenvalue weighted by molar-refractivity contribution is -0.0494. The fourth-order valence-electron chi connectivity index (χ4n) is 6.58. The van der Waals surface area contributed by atoms with Gasteiger partial charge in [0.15, 0.2) is 11.6 Å². The highest BCUT2D eigenvalue weighted by atomic mass is 19.3. The van der Waals surface area contributed by atoms with Crippen molar-refractivity contribution in [3.8, 4) is 22.9 Å². The number of aromatic nitrogens is 3. The van der Waals surface area contributed by atoms with Crippen molar-refractivity contribution in [1.82, 2.24) is 19.7 Å². The molecule has 5 aromatic rings. The van der Waals surface area contributed by atoms with Gasteiger partial charge in [0.25, 0.3) is 0 Å². The second kappa shape index (κ2) is 13.2. The Kier molecular flexibility index (Phi) is 8.71. The zero-order valence-electron chi connectivity index (χ0n) is 26.3. The van der Waals surface area contributed by atoms with Gasteiger partial charge in [0.05, 0.1) is 42.0 Å². The topological polar surface area (TPSA) is 111 Å². The number of benzene rings is 3. The van der Waals surface area contributed by atoms with E-state index in [0.29, 0.717) is 47.2 Å². The highest BCUT2D eigenvalue weighted by Gasteiger charge is 2.28. The Morgan fingerprint density at radius 1 is 1.00 bits per heavy atom. The number of aryl methyl sites for hydroxylation is 1. The van der Waals surface area contributed by atoms with Crippen molar-refractivity contribution in [3.63, 3.8) is 0 Å². The van der Waals surface area contributed by atoms with E-state index in [1.165, 1.54) is 23.0 Å². The predicted octanol–water partition coefficient (Wildman–Crippen LogP) is 6.31. The summed E-state index contributed by atoms with van der Waals surface area (Å²) in [6.07, 6.45) is 3.18. The number of fused-ring (bicyclic) bond motifs is 1. The van der Waals surface area contributed by atoms with Gasteiger partial charge in [0, 0.05) is 43.1 Å². The zero-order chi connectivity index (χ0) is 33.4. The van der Waals surface area contributed by atoms with Gasteiger partial charge < -0.3 is 29.8 Å². The number of carbonyl (C=O) groups excluding carboxylic acids is 1. The number of nitrogens with one attached hydrogen (secondary N) is 1. The number of hydrogen-bond acceptors (Lipinski definition) is 8. The number of hydrogen-bond donors (Lipinski definition) is 2. The van der Waals surface area contributed by atoms with Crippen LogP contribution in [-0.2, 0) is 4.74 Å². The summed E-state index contributed by atoms with van der Waals surface area (Å²) < 4.78 is 58.7. The number of H-pyrrole nitrogens is 1. The third-order valence-corrected chi connectivity index (χ3v) is 9.04. The molecule has 7 rings (SSSR count). The van der Waals surface area contributed by atoms with Crippen LogP contribution in [0.3, 0.4) is 0 Å². The quantitative estimate of drug-likeness (QED) is 0.177. The lowest BCUT2D eigenvalue weighted by Crippen LogP contribution is -2.49. The molecule has 2 aliphatic rings. The molecule has 13 heteroatoms. The van der Waals surface area contributed by atoms with Gasteiger partial charge in [-0.2, -0.15) is 13.9 Å². The molecule has 0 bridgehead atoms. The first-order chi connectivity index (χ1) is 23.2. The van der Waals surface area contributed by atoms with Crippen LogP contribution in [0.5, 0.6) is 17.2 Å². The maximum absolute atomic E-state index is 14.1. The minimum atomic E-state index is -3.00. The van der Waals surface area contributed by atoms with Crippen molar-refractivity contribution < 1.29 is 32.2 Å². The Morgan fingerprint density at radius 2 is 1.77 bits per heavy atom. The molecule has 0 spiro atoms. The van der Waals surface area contributed by atoms with Crippen LogP contribution in [-0.4, -0.2) is 77.5 Å². The number of ketones is 1. The predicted molar refractivity (Wildman–Crippen MR) is 175 cm³/mol. The molecule has 0 amide bonds. The number of para-hydroxylation sites is 1. The van der Waals surface area contributed by atoms with E-state index in [9.17, 15) is 18.0 Å². The van der Waals surface area contributed by atoms with Crippen LogP contribution in [0, 0.1) is 12.7 Å². The van der Waals surface area contributed by atoms with Crippen LogP contribution in [0.15, 0.2) is 66.9 Å². The molecule has 2 fully saturated rings. The van der Waals surface area contributed by atoms with Gasteiger partial charge in [0.1, 0.15) is 17.3 Å². The molecule has 0 aliphatic carbocycles. The van der Waals surface area contributed by atoms with Gasteiger partial charge in [-0.1, -0.05) is 12.1 Å².